The van der Waals surface area contributed by atoms with Gasteiger partial charge in [0.15, 0.2) is 0 Å². The first-order valence-corrected chi connectivity index (χ1v) is 13.8. The van der Waals surface area contributed by atoms with Gasteiger partial charge >= 0.3 is 12.1 Å². The fourth-order valence-corrected chi connectivity index (χ4v) is 5.45. The molecule has 0 spiro atoms. The molecule has 10 nitrogen and oxygen atoms in total. The third kappa shape index (κ3) is 6.61. The molecular formula is C29H39N3O7. The van der Waals surface area contributed by atoms with Gasteiger partial charge < -0.3 is 30.1 Å². The second-order valence-corrected chi connectivity index (χ2v) is 11.1. The van der Waals surface area contributed by atoms with E-state index < -0.39 is 47.6 Å². The summed E-state index contributed by atoms with van der Waals surface area (Å²) in [4.78, 5) is 53.2. The molecule has 4 rings (SSSR count). The van der Waals surface area contributed by atoms with Crippen molar-refractivity contribution in [2.24, 2.45) is 11.8 Å². The Morgan fingerprint density at radius 2 is 2.00 bits per heavy atom. The Balaban J connectivity index is 1.58. The molecule has 3 aliphatic rings. The molecule has 0 aromatic heterocycles. The molecule has 1 aliphatic carbocycles. The van der Waals surface area contributed by atoms with Crippen molar-refractivity contribution in [2.75, 3.05) is 13.2 Å². The lowest BCUT2D eigenvalue weighted by atomic mass is 10.0. The van der Waals surface area contributed by atoms with Gasteiger partial charge in [0.1, 0.15) is 17.6 Å². The molecule has 1 unspecified atom stereocenters. The van der Waals surface area contributed by atoms with Gasteiger partial charge in [-0.2, -0.15) is 0 Å². The van der Waals surface area contributed by atoms with Gasteiger partial charge in [0.25, 0.3) is 0 Å². The zero-order valence-corrected chi connectivity index (χ0v) is 22.7. The molecule has 1 aromatic rings. The van der Waals surface area contributed by atoms with E-state index in [1.807, 2.05) is 12.1 Å². The number of carboxylic acid groups (broad SMARTS) is 1. The lowest BCUT2D eigenvalue weighted by Gasteiger charge is -2.30. The maximum Gasteiger partial charge on any atom is 0.407 e. The number of carbonyl (C=O) groups is 4. The highest BCUT2D eigenvalue weighted by Gasteiger charge is 2.61. The summed E-state index contributed by atoms with van der Waals surface area (Å²) in [6.45, 7) is 7.99. The summed E-state index contributed by atoms with van der Waals surface area (Å²) < 4.78 is 11.5. The summed E-state index contributed by atoms with van der Waals surface area (Å²) in [5, 5.41) is 15.1. The first kappa shape index (κ1) is 28.6. The van der Waals surface area contributed by atoms with Crippen LogP contribution in [0.25, 0.3) is 0 Å². The summed E-state index contributed by atoms with van der Waals surface area (Å²) in [7, 11) is 0. The number of ether oxygens (including phenoxy) is 2. The lowest BCUT2D eigenvalue weighted by molar-refractivity contribution is -0.145. The number of carboxylic acids is 1. The minimum atomic E-state index is -1.42. The number of amides is 3. The van der Waals surface area contributed by atoms with Crippen LogP contribution < -0.4 is 10.6 Å². The van der Waals surface area contributed by atoms with Crippen LogP contribution in [0.5, 0.6) is 0 Å². The zero-order chi connectivity index (χ0) is 28.2. The predicted molar refractivity (Wildman–Crippen MR) is 143 cm³/mol. The van der Waals surface area contributed by atoms with E-state index in [9.17, 15) is 24.3 Å². The van der Waals surface area contributed by atoms with Crippen molar-refractivity contribution in [1.29, 1.82) is 0 Å². The van der Waals surface area contributed by atoms with Gasteiger partial charge in [0, 0.05) is 18.9 Å². The number of aryl methyl sites for hydroxylation is 1. The Morgan fingerprint density at radius 1 is 1.23 bits per heavy atom. The third-order valence-corrected chi connectivity index (χ3v) is 7.90. The molecule has 1 aromatic carbocycles. The minimum Gasteiger partial charge on any atom is -0.479 e. The molecule has 3 N–H and O–H groups in total. The quantitative estimate of drug-likeness (QED) is 0.488. The SMILES string of the molecule is C=CC1C[C@]1(NC(=O)[C@@H]1C[C@@H]2CN1C(=O)[C@H](C(C)C)NC(=O)OCCCCCc1cccc(c1)CO2)C(=O)O. The molecule has 2 fully saturated rings. The number of benzene rings is 1. The van der Waals surface area contributed by atoms with Crippen LogP contribution in [0.1, 0.15) is 57.1 Å². The summed E-state index contributed by atoms with van der Waals surface area (Å²) >= 11 is 0. The van der Waals surface area contributed by atoms with Gasteiger partial charge in [-0.05, 0) is 49.1 Å². The highest BCUT2D eigenvalue weighted by atomic mass is 16.5. The number of alkyl carbamates (subject to hydrolysis) is 1. The van der Waals surface area contributed by atoms with E-state index in [0.29, 0.717) is 13.0 Å². The van der Waals surface area contributed by atoms with Crippen molar-refractivity contribution in [3.05, 3.63) is 48.0 Å². The monoisotopic (exact) mass is 541 g/mol. The second-order valence-electron chi connectivity index (χ2n) is 11.1. The molecule has 0 radical (unpaired) electrons. The third-order valence-electron chi connectivity index (χ3n) is 7.90. The standard InChI is InChI=1S/C29H39N3O7/c1-4-21-15-29(21,27(35)36)31-25(33)23-14-22-16-32(23)26(34)24(18(2)3)30-28(37)38-12-7-5-6-9-19-10-8-11-20(13-19)17-39-22/h4,8,10-11,13,18,21-24H,1,5-7,9,12,14-17H2,2-3H3,(H,30,37)(H,31,33)(H,35,36)/t21?,22-,23+,24+,29-/m1/s1. The van der Waals surface area contributed by atoms with Crippen molar-refractivity contribution in [1.82, 2.24) is 15.5 Å². The molecule has 3 amide bonds. The van der Waals surface area contributed by atoms with Crippen LogP contribution in [0.15, 0.2) is 36.9 Å². The molecule has 2 aliphatic heterocycles. The molecule has 1 saturated heterocycles. The molecule has 2 heterocycles. The summed E-state index contributed by atoms with van der Waals surface area (Å²) in [6.07, 6.45) is 4.33. The normalized spacial score (nSPS) is 30.0. The largest absolute Gasteiger partial charge is 0.479 e. The van der Waals surface area contributed by atoms with Gasteiger partial charge in [0.2, 0.25) is 11.8 Å². The number of fused-ring (bicyclic) bond motifs is 4. The van der Waals surface area contributed by atoms with E-state index in [-0.39, 0.29) is 37.8 Å². The van der Waals surface area contributed by atoms with Gasteiger partial charge in [0.05, 0.1) is 19.3 Å². The minimum absolute atomic E-state index is 0.140. The van der Waals surface area contributed by atoms with Crippen LogP contribution in [0.4, 0.5) is 4.79 Å². The van der Waals surface area contributed by atoms with Gasteiger partial charge in [-0.25, -0.2) is 9.59 Å². The fourth-order valence-electron chi connectivity index (χ4n) is 5.45. The zero-order valence-electron chi connectivity index (χ0n) is 22.7. The topological polar surface area (TPSA) is 134 Å². The highest BCUT2D eigenvalue weighted by molar-refractivity contribution is 5.96. The number of cyclic esters (lactones) is 1. The second kappa shape index (κ2) is 12.2. The first-order valence-electron chi connectivity index (χ1n) is 13.8. The maximum atomic E-state index is 13.8. The van der Waals surface area contributed by atoms with E-state index in [2.05, 4.69) is 29.3 Å². The molecule has 39 heavy (non-hydrogen) atoms. The number of nitrogens with one attached hydrogen (secondary N) is 2. The van der Waals surface area contributed by atoms with Crippen molar-refractivity contribution in [3.63, 3.8) is 0 Å². The van der Waals surface area contributed by atoms with E-state index in [4.69, 9.17) is 9.47 Å². The fraction of sp³-hybridized carbons (Fsp3) is 0.586. The van der Waals surface area contributed by atoms with Gasteiger partial charge in [-0.1, -0.05) is 44.2 Å². The average Bonchev–Trinajstić information content (AvgIpc) is 3.45. The summed E-state index contributed by atoms with van der Waals surface area (Å²) in [5.41, 5.74) is 0.779. The number of nitrogens with zero attached hydrogens (tertiary/aromatic N) is 1. The molecule has 10 heteroatoms. The van der Waals surface area contributed by atoms with Crippen LogP contribution in [0, 0.1) is 11.8 Å². The average molecular weight is 542 g/mol. The summed E-state index contributed by atoms with van der Waals surface area (Å²) in [6, 6.07) is 6.28. The molecule has 212 valence electrons. The highest BCUT2D eigenvalue weighted by Crippen LogP contribution is 2.45. The number of hydrogen-bond acceptors (Lipinski definition) is 6. The van der Waals surface area contributed by atoms with Gasteiger partial charge in [-0.15, -0.1) is 6.58 Å². The Bertz CT molecular complexity index is 1110. The van der Waals surface area contributed by atoms with Crippen molar-refractivity contribution < 1.29 is 33.8 Å². The van der Waals surface area contributed by atoms with E-state index in [1.165, 1.54) is 16.5 Å². The van der Waals surface area contributed by atoms with Crippen molar-refractivity contribution >= 4 is 23.9 Å². The maximum absolute atomic E-state index is 13.8. The molecule has 5 atom stereocenters. The lowest BCUT2D eigenvalue weighted by Crippen LogP contribution is -2.57. The van der Waals surface area contributed by atoms with Crippen LogP contribution >= 0.6 is 0 Å². The van der Waals surface area contributed by atoms with Crippen LogP contribution in [0.2, 0.25) is 0 Å². The van der Waals surface area contributed by atoms with E-state index >= 15 is 0 Å². The Kier molecular flexibility index (Phi) is 8.94. The van der Waals surface area contributed by atoms with Crippen LogP contribution in [-0.2, 0) is 36.9 Å². The number of carbonyl (C=O) groups excluding carboxylic acids is 3. The Labute approximate surface area is 229 Å². The van der Waals surface area contributed by atoms with Crippen LogP contribution in [0.3, 0.4) is 0 Å². The van der Waals surface area contributed by atoms with Crippen LogP contribution in [-0.4, -0.2) is 70.8 Å². The predicted octanol–water partition coefficient (Wildman–Crippen LogP) is 2.80. The Morgan fingerprint density at radius 3 is 2.69 bits per heavy atom. The van der Waals surface area contributed by atoms with Crippen molar-refractivity contribution in [3.8, 4) is 0 Å². The first-order chi connectivity index (χ1) is 18.6. The summed E-state index contributed by atoms with van der Waals surface area (Å²) in [5.74, 6) is -2.78. The molecule has 1 saturated carbocycles. The Hall–Kier alpha value is -3.40. The smallest absolute Gasteiger partial charge is 0.407 e. The van der Waals surface area contributed by atoms with E-state index in [0.717, 1.165) is 24.8 Å². The molecular weight excluding hydrogens is 502 g/mol. The number of rotatable bonds is 5. The number of hydrogen-bond donors (Lipinski definition) is 3. The number of aliphatic carboxylic acids is 1. The van der Waals surface area contributed by atoms with E-state index in [1.54, 1.807) is 13.8 Å². The molecule has 4 bridgehead atoms. The van der Waals surface area contributed by atoms with Gasteiger partial charge in [-0.3, -0.25) is 9.59 Å². The van der Waals surface area contributed by atoms with Crippen molar-refractivity contribution in [2.45, 2.75) is 82.7 Å².